The minimum Gasteiger partial charge on any atom is -0.467 e. The molecule has 26 heavy (non-hydrogen) atoms. The normalized spacial score (nSPS) is 12.7. The van der Waals surface area contributed by atoms with Gasteiger partial charge in [0.15, 0.2) is 0 Å². The molecule has 1 N–H and O–H groups in total. The number of anilines is 1. The minimum atomic E-state index is -3.34. The molecule has 0 radical (unpaired) electrons. The third-order valence-electron chi connectivity index (χ3n) is 4.10. The molecule has 1 atom stereocenters. The smallest absolute Gasteiger partial charge is 0.329 e. The second kappa shape index (κ2) is 7.21. The first-order valence-corrected chi connectivity index (χ1v) is 9.96. The fourth-order valence-electron chi connectivity index (χ4n) is 2.98. The van der Waals surface area contributed by atoms with Crippen molar-refractivity contribution in [3.05, 3.63) is 66.4 Å². The van der Waals surface area contributed by atoms with Crippen molar-refractivity contribution in [3.63, 3.8) is 0 Å². The number of hydrogen-bond donors (Lipinski definition) is 1. The van der Waals surface area contributed by atoms with E-state index in [0.717, 1.165) is 22.7 Å². The minimum absolute atomic E-state index is 0.329. The molecule has 3 rings (SSSR count). The average molecular weight is 372 g/mol. The summed E-state index contributed by atoms with van der Waals surface area (Å²) in [5.74, 6) is -0.329. The first-order chi connectivity index (χ1) is 12.4. The number of hydrogen-bond acceptors (Lipinski definition) is 4. The topological polar surface area (TPSA) is 77.4 Å². The maximum absolute atomic E-state index is 12.4. The molecule has 0 aliphatic rings. The van der Waals surface area contributed by atoms with Gasteiger partial charge in [-0.2, -0.15) is 0 Å². The Morgan fingerprint density at radius 2 is 1.88 bits per heavy atom. The van der Waals surface area contributed by atoms with Gasteiger partial charge in [0.1, 0.15) is 6.04 Å². The van der Waals surface area contributed by atoms with E-state index in [-0.39, 0.29) is 5.97 Å². The van der Waals surface area contributed by atoms with E-state index in [4.69, 9.17) is 4.74 Å². The van der Waals surface area contributed by atoms with E-state index in [1.54, 1.807) is 18.2 Å². The Balaban J connectivity index is 1.99. The highest BCUT2D eigenvalue weighted by molar-refractivity contribution is 7.92. The molecule has 0 spiro atoms. The predicted octanol–water partition coefficient (Wildman–Crippen LogP) is 2.97. The molecule has 0 amide bonds. The van der Waals surface area contributed by atoms with Crippen molar-refractivity contribution < 1.29 is 17.9 Å². The number of nitrogens with one attached hydrogen (secondary N) is 1. The molecule has 6 nitrogen and oxygen atoms in total. The molecule has 0 saturated carbocycles. The molecule has 0 aliphatic heterocycles. The zero-order valence-corrected chi connectivity index (χ0v) is 15.4. The van der Waals surface area contributed by atoms with E-state index in [1.807, 2.05) is 47.2 Å². The number of methoxy groups -OCH3 is 1. The van der Waals surface area contributed by atoms with Crippen LogP contribution in [-0.4, -0.2) is 32.3 Å². The van der Waals surface area contributed by atoms with E-state index >= 15 is 0 Å². The summed E-state index contributed by atoms with van der Waals surface area (Å²) < 4.78 is 32.1. The highest BCUT2D eigenvalue weighted by atomic mass is 32.2. The monoisotopic (exact) mass is 372 g/mol. The van der Waals surface area contributed by atoms with Gasteiger partial charge in [-0.15, -0.1) is 0 Å². The van der Waals surface area contributed by atoms with Crippen LogP contribution < -0.4 is 4.72 Å². The van der Waals surface area contributed by atoms with Gasteiger partial charge in [0.25, 0.3) is 0 Å². The molecule has 0 aliphatic carbocycles. The van der Waals surface area contributed by atoms with Crippen molar-refractivity contribution in [2.24, 2.45) is 0 Å². The highest BCUT2D eigenvalue weighted by Gasteiger charge is 2.23. The van der Waals surface area contributed by atoms with Crippen LogP contribution in [0.4, 0.5) is 5.69 Å². The first-order valence-electron chi connectivity index (χ1n) is 8.07. The quantitative estimate of drug-likeness (QED) is 0.675. The Bertz CT molecular complexity index is 1030. The van der Waals surface area contributed by atoms with Crippen molar-refractivity contribution >= 4 is 32.6 Å². The molecule has 0 fully saturated rings. The molecule has 0 saturated heterocycles. The van der Waals surface area contributed by atoms with Crippen LogP contribution in [0, 0.1) is 0 Å². The second-order valence-electron chi connectivity index (χ2n) is 6.10. The maximum atomic E-state index is 12.4. The SMILES string of the molecule is COC(=O)C(Cc1ccccc1)n1ccc2cc(NS(C)(=O)=O)ccc21. The van der Waals surface area contributed by atoms with Crippen LogP contribution in [0.15, 0.2) is 60.8 Å². The van der Waals surface area contributed by atoms with Gasteiger partial charge in [0.05, 0.1) is 13.4 Å². The maximum Gasteiger partial charge on any atom is 0.329 e. The Hall–Kier alpha value is -2.80. The summed E-state index contributed by atoms with van der Waals surface area (Å²) in [6.45, 7) is 0. The summed E-state index contributed by atoms with van der Waals surface area (Å²) in [6, 6.07) is 16.3. The number of nitrogens with zero attached hydrogens (tertiary/aromatic N) is 1. The van der Waals surface area contributed by atoms with Gasteiger partial charge in [-0.3, -0.25) is 4.72 Å². The number of esters is 1. The second-order valence-corrected chi connectivity index (χ2v) is 7.85. The average Bonchev–Trinajstić information content (AvgIpc) is 3.01. The van der Waals surface area contributed by atoms with Gasteiger partial charge in [-0.25, -0.2) is 13.2 Å². The molecule has 0 bridgehead atoms. The van der Waals surface area contributed by atoms with Gasteiger partial charge < -0.3 is 9.30 Å². The van der Waals surface area contributed by atoms with E-state index in [2.05, 4.69) is 4.72 Å². The number of carbonyl (C=O) groups excluding carboxylic acids is 1. The number of rotatable bonds is 6. The van der Waals surface area contributed by atoms with Crippen LogP contribution in [0.2, 0.25) is 0 Å². The van der Waals surface area contributed by atoms with Crippen LogP contribution in [0.3, 0.4) is 0 Å². The van der Waals surface area contributed by atoms with Gasteiger partial charge in [-0.05, 0) is 29.8 Å². The van der Waals surface area contributed by atoms with Crippen LogP contribution in [0.5, 0.6) is 0 Å². The van der Waals surface area contributed by atoms with Gasteiger partial charge in [0, 0.05) is 29.2 Å². The Kier molecular flexibility index (Phi) is 4.99. The van der Waals surface area contributed by atoms with Crippen molar-refractivity contribution in [2.75, 3.05) is 18.1 Å². The largest absolute Gasteiger partial charge is 0.467 e. The fourth-order valence-corrected chi connectivity index (χ4v) is 3.54. The molecule has 2 aromatic carbocycles. The number of benzene rings is 2. The lowest BCUT2D eigenvalue weighted by molar-refractivity contribution is -0.144. The Morgan fingerprint density at radius 1 is 1.15 bits per heavy atom. The van der Waals surface area contributed by atoms with Crippen LogP contribution >= 0.6 is 0 Å². The van der Waals surface area contributed by atoms with Gasteiger partial charge in [-0.1, -0.05) is 30.3 Å². The molecule has 1 heterocycles. The molecule has 1 aromatic heterocycles. The lowest BCUT2D eigenvalue weighted by Crippen LogP contribution is -2.22. The van der Waals surface area contributed by atoms with Crippen LogP contribution in [-0.2, 0) is 26.0 Å². The molecule has 1 unspecified atom stereocenters. The third kappa shape index (κ3) is 4.05. The van der Waals surface area contributed by atoms with Crippen molar-refractivity contribution in [2.45, 2.75) is 12.5 Å². The Morgan fingerprint density at radius 3 is 2.54 bits per heavy atom. The van der Waals surface area contributed by atoms with Crippen molar-refractivity contribution in [1.29, 1.82) is 0 Å². The van der Waals surface area contributed by atoms with E-state index in [9.17, 15) is 13.2 Å². The summed E-state index contributed by atoms with van der Waals surface area (Å²) in [6.07, 6.45) is 3.43. The van der Waals surface area contributed by atoms with Crippen molar-refractivity contribution in [1.82, 2.24) is 4.57 Å². The lowest BCUT2D eigenvalue weighted by Gasteiger charge is -2.18. The summed E-state index contributed by atoms with van der Waals surface area (Å²) in [4.78, 5) is 12.4. The zero-order chi connectivity index (χ0) is 18.7. The summed E-state index contributed by atoms with van der Waals surface area (Å²) in [5.41, 5.74) is 2.34. The van der Waals surface area contributed by atoms with E-state index < -0.39 is 16.1 Å². The summed E-state index contributed by atoms with van der Waals surface area (Å²) >= 11 is 0. The summed E-state index contributed by atoms with van der Waals surface area (Å²) in [5, 5.41) is 0.834. The molecule has 136 valence electrons. The van der Waals surface area contributed by atoms with E-state index in [0.29, 0.717) is 12.1 Å². The van der Waals surface area contributed by atoms with Gasteiger partial charge in [0.2, 0.25) is 10.0 Å². The number of fused-ring (bicyclic) bond motifs is 1. The first kappa shape index (κ1) is 18.0. The zero-order valence-electron chi connectivity index (χ0n) is 14.5. The third-order valence-corrected chi connectivity index (χ3v) is 4.71. The van der Waals surface area contributed by atoms with Crippen LogP contribution in [0.1, 0.15) is 11.6 Å². The fraction of sp³-hybridized carbons (Fsp3) is 0.211. The molecular weight excluding hydrogens is 352 g/mol. The number of carbonyl (C=O) groups is 1. The standard InChI is InChI=1S/C19H20N2O4S/c1-25-19(22)18(12-14-6-4-3-5-7-14)21-11-10-15-13-16(8-9-17(15)21)20-26(2,23)24/h3-11,13,18,20H,12H2,1-2H3. The van der Waals surface area contributed by atoms with Crippen LogP contribution in [0.25, 0.3) is 10.9 Å². The summed E-state index contributed by atoms with van der Waals surface area (Å²) in [7, 11) is -1.97. The molecule has 3 aromatic rings. The Labute approximate surface area is 152 Å². The van der Waals surface area contributed by atoms with Crippen molar-refractivity contribution in [3.8, 4) is 0 Å². The highest BCUT2D eigenvalue weighted by Crippen LogP contribution is 2.26. The van der Waals surface area contributed by atoms with E-state index in [1.165, 1.54) is 7.11 Å². The lowest BCUT2D eigenvalue weighted by atomic mass is 10.1. The predicted molar refractivity (Wildman–Crippen MR) is 102 cm³/mol. The molecular formula is C19H20N2O4S. The number of aromatic nitrogens is 1. The number of sulfonamides is 1. The van der Waals surface area contributed by atoms with Gasteiger partial charge >= 0.3 is 5.97 Å². The number of ether oxygens (including phenoxy) is 1. The molecule has 7 heteroatoms.